The highest BCUT2D eigenvalue weighted by Gasteiger charge is 2.19. The van der Waals surface area contributed by atoms with Crippen molar-refractivity contribution in [3.63, 3.8) is 0 Å². The molecule has 0 aliphatic heterocycles. The smallest absolute Gasteiger partial charge is 0.341 e. The predicted octanol–water partition coefficient (Wildman–Crippen LogP) is 3.79. The SMILES string of the molecule is COC(=O)c1cc(Cl)cc(C2=CCCCC2)c1O. The lowest BCUT2D eigenvalue weighted by Gasteiger charge is -2.16. The topological polar surface area (TPSA) is 46.5 Å². The van der Waals surface area contributed by atoms with Gasteiger partial charge in [0.2, 0.25) is 0 Å². The number of carbonyl (C=O) groups is 1. The highest BCUT2D eigenvalue weighted by molar-refractivity contribution is 6.31. The van der Waals surface area contributed by atoms with Gasteiger partial charge < -0.3 is 9.84 Å². The summed E-state index contributed by atoms with van der Waals surface area (Å²) >= 11 is 6.00. The molecule has 4 heteroatoms. The number of phenols is 1. The van der Waals surface area contributed by atoms with Crippen LogP contribution in [0.25, 0.3) is 5.57 Å². The molecule has 0 aromatic heterocycles. The molecule has 0 heterocycles. The fraction of sp³-hybridized carbons (Fsp3) is 0.357. The summed E-state index contributed by atoms with van der Waals surface area (Å²) in [5.74, 6) is -0.618. The van der Waals surface area contributed by atoms with E-state index in [0.717, 1.165) is 31.3 Å². The Balaban J connectivity index is 2.50. The van der Waals surface area contributed by atoms with E-state index in [1.807, 2.05) is 0 Å². The van der Waals surface area contributed by atoms with Gasteiger partial charge in [0.1, 0.15) is 11.3 Å². The van der Waals surface area contributed by atoms with Gasteiger partial charge in [0.25, 0.3) is 0 Å². The van der Waals surface area contributed by atoms with E-state index < -0.39 is 5.97 Å². The number of rotatable bonds is 2. The third-order valence-electron chi connectivity index (χ3n) is 3.12. The Bertz CT molecular complexity index is 506. The van der Waals surface area contributed by atoms with Crippen LogP contribution in [0.2, 0.25) is 5.02 Å². The van der Waals surface area contributed by atoms with Gasteiger partial charge in [0, 0.05) is 10.6 Å². The molecule has 0 bridgehead atoms. The number of methoxy groups -OCH3 is 1. The van der Waals surface area contributed by atoms with Gasteiger partial charge >= 0.3 is 5.97 Å². The lowest BCUT2D eigenvalue weighted by Crippen LogP contribution is -2.03. The molecule has 1 aromatic carbocycles. The first-order valence-corrected chi connectivity index (χ1v) is 6.31. The largest absolute Gasteiger partial charge is 0.506 e. The van der Waals surface area contributed by atoms with Crippen LogP contribution in [0.1, 0.15) is 41.6 Å². The molecule has 1 aliphatic rings. The van der Waals surface area contributed by atoms with Crippen LogP contribution < -0.4 is 0 Å². The predicted molar refractivity (Wildman–Crippen MR) is 70.9 cm³/mol. The van der Waals surface area contributed by atoms with Crippen LogP contribution in [0.5, 0.6) is 5.75 Å². The zero-order chi connectivity index (χ0) is 13.1. The first-order valence-electron chi connectivity index (χ1n) is 5.93. The summed E-state index contributed by atoms with van der Waals surface area (Å²) in [5.41, 5.74) is 1.81. The Hall–Kier alpha value is -1.48. The van der Waals surface area contributed by atoms with Crippen LogP contribution >= 0.6 is 11.6 Å². The summed E-state index contributed by atoms with van der Waals surface area (Å²) in [6.45, 7) is 0. The number of hydrogen-bond acceptors (Lipinski definition) is 3. The maximum absolute atomic E-state index is 11.6. The second kappa shape index (κ2) is 5.44. The van der Waals surface area contributed by atoms with E-state index in [2.05, 4.69) is 10.8 Å². The van der Waals surface area contributed by atoms with E-state index in [9.17, 15) is 9.90 Å². The molecule has 96 valence electrons. The number of halogens is 1. The van der Waals surface area contributed by atoms with Crippen molar-refractivity contribution in [2.75, 3.05) is 7.11 Å². The Morgan fingerprint density at radius 3 is 2.78 bits per heavy atom. The van der Waals surface area contributed by atoms with E-state index in [-0.39, 0.29) is 11.3 Å². The molecule has 1 aliphatic carbocycles. The first-order chi connectivity index (χ1) is 8.63. The molecule has 0 saturated carbocycles. The van der Waals surface area contributed by atoms with E-state index in [4.69, 9.17) is 11.6 Å². The summed E-state index contributed by atoms with van der Waals surface area (Å²) < 4.78 is 4.64. The number of carbonyl (C=O) groups excluding carboxylic acids is 1. The monoisotopic (exact) mass is 266 g/mol. The van der Waals surface area contributed by atoms with E-state index in [1.54, 1.807) is 6.07 Å². The first kappa shape index (κ1) is 13.0. The van der Waals surface area contributed by atoms with E-state index in [1.165, 1.54) is 13.2 Å². The zero-order valence-electron chi connectivity index (χ0n) is 10.2. The Kier molecular flexibility index (Phi) is 3.92. The molecule has 2 rings (SSSR count). The van der Waals surface area contributed by atoms with Crippen LogP contribution in [-0.2, 0) is 4.74 Å². The van der Waals surface area contributed by atoms with Crippen molar-refractivity contribution in [2.24, 2.45) is 0 Å². The van der Waals surface area contributed by atoms with Crippen molar-refractivity contribution in [1.82, 2.24) is 0 Å². The molecule has 0 spiro atoms. The highest BCUT2D eigenvalue weighted by Crippen LogP contribution is 2.36. The molecule has 0 unspecified atom stereocenters. The number of benzene rings is 1. The minimum Gasteiger partial charge on any atom is -0.506 e. The average Bonchev–Trinajstić information content (AvgIpc) is 2.41. The molecule has 3 nitrogen and oxygen atoms in total. The third kappa shape index (κ3) is 2.51. The summed E-state index contributed by atoms with van der Waals surface area (Å²) in [6, 6.07) is 3.12. The van der Waals surface area contributed by atoms with E-state index in [0.29, 0.717) is 10.6 Å². The van der Waals surface area contributed by atoms with Crippen LogP contribution in [0.15, 0.2) is 18.2 Å². The van der Waals surface area contributed by atoms with Gasteiger partial charge in [-0.3, -0.25) is 0 Å². The Morgan fingerprint density at radius 1 is 1.39 bits per heavy atom. The minimum absolute atomic E-state index is 0.0422. The lowest BCUT2D eigenvalue weighted by molar-refractivity contribution is 0.0597. The standard InChI is InChI=1S/C14H15ClO3/c1-18-14(17)12-8-10(15)7-11(13(12)16)9-5-3-2-4-6-9/h5,7-8,16H,2-4,6H2,1H3. The zero-order valence-corrected chi connectivity index (χ0v) is 11.0. The third-order valence-corrected chi connectivity index (χ3v) is 3.34. The van der Waals surface area contributed by atoms with Gasteiger partial charge in [-0.05, 0) is 43.4 Å². The van der Waals surface area contributed by atoms with Crippen LogP contribution in [0, 0.1) is 0 Å². The number of phenolic OH excluding ortho intramolecular Hbond substituents is 1. The maximum atomic E-state index is 11.6. The van der Waals surface area contributed by atoms with Crippen molar-refractivity contribution in [3.8, 4) is 5.75 Å². The molecular formula is C14H15ClO3. The molecule has 1 N–H and O–H groups in total. The number of ether oxygens (including phenoxy) is 1. The normalized spacial score (nSPS) is 15.1. The van der Waals surface area contributed by atoms with Gasteiger partial charge in [0.15, 0.2) is 0 Å². The summed E-state index contributed by atoms with van der Waals surface area (Å²) in [5, 5.41) is 10.6. The minimum atomic E-state index is -0.576. The number of hydrogen-bond donors (Lipinski definition) is 1. The molecule has 0 radical (unpaired) electrons. The molecule has 18 heavy (non-hydrogen) atoms. The molecule has 0 atom stereocenters. The summed E-state index contributed by atoms with van der Waals surface area (Å²) in [4.78, 5) is 11.6. The molecule has 0 amide bonds. The van der Waals surface area contributed by atoms with Gasteiger partial charge in [-0.25, -0.2) is 4.79 Å². The van der Waals surface area contributed by atoms with Crippen molar-refractivity contribution < 1.29 is 14.6 Å². The second-order valence-corrected chi connectivity index (χ2v) is 4.75. The quantitative estimate of drug-likeness (QED) is 0.829. The van der Waals surface area contributed by atoms with Gasteiger partial charge in [0.05, 0.1) is 7.11 Å². The van der Waals surface area contributed by atoms with Crippen LogP contribution in [-0.4, -0.2) is 18.2 Å². The van der Waals surface area contributed by atoms with Crippen LogP contribution in [0.4, 0.5) is 0 Å². The van der Waals surface area contributed by atoms with Crippen molar-refractivity contribution in [2.45, 2.75) is 25.7 Å². The van der Waals surface area contributed by atoms with Crippen molar-refractivity contribution in [3.05, 3.63) is 34.4 Å². The molecule has 0 saturated heterocycles. The molecular weight excluding hydrogens is 252 g/mol. The molecule has 0 fully saturated rings. The van der Waals surface area contributed by atoms with Gasteiger partial charge in [-0.2, -0.15) is 0 Å². The number of allylic oxidation sites excluding steroid dienone is 2. The number of aromatic hydroxyl groups is 1. The average molecular weight is 267 g/mol. The second-order valence-electron chi connectivity index (χ2n) is 4.32. The highest BCUT2D eigenvalue weighted by atomic mass is 35.5. The van der Waals surface area contributed by atoms with Crippen molar-refractivity contribution >= 4 is 23.1 Å². The van der Waals surface area contributed by atoms with Crippen LogP contribution in [0.3, 0.4) is 0 Å². The fourth-order valence-electron chi connectivity index (χ4n) is 2.19. The summed E-state index contributed by atoms with van der Waals surface area (Å²) in [7, 11) is 1.28. The van der Waals surface area contributed by atoms with E-state index >= 15 is 0 Å². The Morgan fingerprint density at radius 2 is 2.17 bits per heavy atom. The fourth-order valence-corrected chi connectivity index (χ4v) is 2.41. The lowest BCUT2D eigenvalue weighted by atomic mass is 9.92. The van der Waals surface area contributed by atoms with Gasteiger partial charge in [-0.15, -0.1) is 0 Å². The van der Waals surface area contributed by atoms with Crippen molar-refractivity contribution in [1.29, 1.82) is 0 Å². The maximum Gasteiger partial charge on any atom is 0.341 e. The van der Waals surface area contributed by atoms with Gasteiger partial charge in [-0.1, -0.05) is 17.7 Å². The Labute approximate surface area is 111 Å². The summed E-state index contributed by atoms with van der Waals surface area (Å²) in [6.07, 6.45) is 6.24. The molecule has 1 aromatic rings. The number of esters is 1.